The van der Waals surface area contributed by atoms with Crippen LogP contribution in [0, 0.1) is 12.7 Å². The van der Waals surface area contributed by atoms with E-state index in [1.165, 1.54) is 6.07 Å². The first-order valence-corrected chi connectivity index (χ1v) is 4.72. The lowest BCUT2D eigenvalue weighted by Gasteiger charge is -2.10. The summed E-state index contributed by atoms with van der Waals surface area (Å²) in [5, 5.41) is 2.91. The molecule has 16 heavy (non-hydrogen) atoms. The average molecular weight is 227 g/mol. The van der Waals surface area contributed by atoms with E-state index in [2.05, 4.69) is 10.1 Å². The SMILES string of the molecule is Cc1cc(NCCOC(N)=O)c(N)cc1F. The van der Waals surface area contributed by atoms with Gasteiger partial charge in [0.15, 0.2) is 0 Å². The minimum absolute atomic E-state index is 0.130. The van der Waals surface area contributed by atoms with Gasteiger partial charge in [-0.2, -0.15) is 0 Å². The van der Waals surface area contributed by atoms with Crippen LogP contribution in [0.2, 0.25) is 0 Å². The minimum atomic E-state index is -0.829. The first kappa shape index (κ1) is 12.1. The molecule has 0 aromatic heterocycles. The van der Waals surface area contributed by atoms with E-state index in [0.29, 0.717) is 23.5 Å². The quantitative estimate of drug-likeness (QED) is 0.533. The molecule has 0 bridgehead atoms. The molecule has 0 aliphatic rings. The van der Waals surface area contributed by atoms with Gasteiger partial charge in [0.25, 0.3) is 0 Å². The highest BCUT2D eigenvalue weighted by molar-refractivity contribution is 5.67. The third-order valence-corrected chi connectivity index (χ3v) is 1.99. The molecule has 5 nitrogen and oxygen atoms in total. The molecule has 0 aliphatic heterocycles. The Morgan fingerprint density at radius 1 is 1.56 bits per heavy atom. The fourth-order valence-electron chi connectivity index (χ4n) is 1.19. The Bertz CT molecular complexity index is 396. The molecule has 0 radical (unpaired) electrons. The predicted molar refractivity (Wildman–Crippen MR) is 59.6 cm³/mol. The van der Waals surface area contributed by atoms with E-state index in [1.807, 2.05) is 0 Å². The fraction of sp³-hybridized carbons (Fsp3) is 0.300. The molecule has 5 N–H and O–H groups in total. The number of carbonyl (C=O) groups excluding carboxylic acids is 1. The number of primary amides is 1. The fourth-order valence-corrected chi connectivity index (χ4v) is 1.19. The molecular formula is C10H14FN3O2. The number of ether oxygens (including phenoxy) is 1. The molecule has 0 unspecified atom stereocenters. The van der Waals surface area contributed by atoms with Gasteiger partial charge in [0, 0.05) is 6.54 Å². The van der Waals surface area contributed by atoms with Crippen molar-refractivity contribution in [3.05, 3.63) is 23.5 Å². The van der Waals surface area contributed by atoms with E-state index in [9.17, 15) is 9.18 Å². The summed E-state index contributed by atoms with van der Waals surface area (Å²) >= 11 is 0. The maximum Gasteiger partial charge on any atom is 0.404 e. The molecule has 0 fully saturated rings. The minimum Gasteiger partial charge on any atom is -0.448 e. The molecule has 1 aromatic carbocycles. The summed E-state index contributed by atoms with van der Waals surface area (Å²) in [7, 11) is 0. The molecular weight excluding hydrogens is 213 g/mol. The first-order valence-electron chi connectivity index (χ1n) is 4.72. The van der Waals surface area contributed by atoms with Crippen molar-refractivity contribution >= 4 is 17.5 Å². The lowest BCUT2D eigenvalue weighted by Crippen LogP contribution is -2.18. The number of aryl methyl sites for hydroxylation is 1. The normalized spacial score (nSPS) is 9.88. The zero-order valence-electron chi connectivity index (χ0n) is 8.92. The van der Waals surface area contributed by atoms with Crippen molar-refractivity contribution in [2.45, 2.75) is 6.92 Å². The molecule has 0 aliphatic carbocycles. The van der Waals surface area contributed by atoms with Crippen molar-refractivity contribution in [2.24, 2.45) is 5.73 Å². The highest BCUT2D eigenvalue weighted by atomic mass is 19.1. The Balaban J connectivity index is 2.54. The molecule has 1 rings (SSSR count). The zero-order valence-corrected chi connectivity index (χ0v) is 8.92. The Morgan fingerprint density at radius 2 is 2.25 bits per heavy atom. The third-order valence-electron chi connectivity index (χ3n) is 1.99. The topological polar surface area (TPSA) is 90.4 Å². The summed E-state index contributed by atoms with van der Waals surface area (Å²) in [5.74, 6) is -0.351. The van der Waals surface area contributed by atoms with Crippen LogP contribution in [-0.4, -0.2) is 19.2 Å². The number of halogens is 1. The van der Waals surface area contributed by atoms with Crippen LogP contribution >= 0.6 is 0 Å². The standard InChI is InChI=1S/C10H14FN3O2/c1-6-4-9(8(12)5-7(6)11)14-2-3-16-10(13)15/h4-5,14H,2-3,12H2,1H3,(H2,13,15). The van der Waals surface area contributed by atoms with Crippen molar-refractivity contribution < 1.29 is 13.9 Å². The number of amides is 1. The summed E-state index contributed by atoms with van der Waals surface area (Å²) in [4.78, 5) is 10.3. The van der Waals surface area contributed by atoms with Crippen LogP contribution in [0.15, 0.2) is 12.1 Å². The van der Waals surface area contributed by atoms with E-state index in [-0.39, 0.29) is 12.4 Å². The second kappa shape index (κ2) is 5.20. The van der Waals surface area contributed by atoms with Crippen LogP contribution < -0.4 is 16.8 Å². The van der Waals surface area contributed by atoms with Crippen molar-refractivity contribution in [3.63, 3.8) is 0 Å². The average Bonchev–Trinajstić information content (AvgIpc) is 2.19. The van der Waals surface area contributed by atoms with E-state index in [4.69, 9.17) is 11.5 Å². The van der Waals surface area contributed by atoms with E-state index in [1.54, 1.807) is 13.0 Å². The van der Waals surface area contributed by atoms with Gasteiger partial charge in [-0.3, -0.25) is 0 Å². The summed E-state index contributed by atoms with van der Waals surface area (Å²) in [6.07, 6.45) is -0.829. The highest BCUT2D eigenvalue weighted by Gasteiger charge is 2.04. The van der Waals surface area contributed by atoms with Gasteiger partial charge in [-0.05, 0) is 24.6 Å². The maximum atomic E-state index is 13.1. The van der Waals surface area contributed by atoms with Gasteiger partial charge >= 0.3 is 6.09 Å². The number of anilines is 2. The van der Waals surface area contributed by atoms with Crippen molar-refractivity contribution in [1.29, 1.82) is 0 Å². The van der Waals surface area contributed by atoms with Crippen molar-refractivity contribution in [3.8, 4) is 0 Å². The molecule has 0 heterocycles. The first-order chi connectivity index (χ1) is 7.50. The summed E-state index contributed by atoms with van der Waals surface area (Å²) in [6.45, 7) is 2.13. The largest absolute Gasteiger partial charge is 0.448 e. The van der Waals surface area contributed by atoms with Crippen molar-refractivity contribution in [1.82, 2.24) is 0 Å². The van der Waals surface area contributed by atoms with Gasteiger partial charge in [-0.25, -0.2) is 9.18 Å². The molecule has 0 saturated heterocycles. The van der Waals surface area contributed by atoms with Gasteiger partial charge in [0.1, 0.15) is 12.4 Å². The van der Waals surface area contributed by atoms with Crippen LogP contribution in [0.5, 0.6) is 0 Å². The Labute approximate surface area is 92.6 Å². The zero-order chi connectivity index (χ0) is 12.1. The lowest BCUT2D eigenvalue weighted by atomic mass is 10.2. The predicted octanol–water partition coefficient (Wildman–Crippen LogP) is 1.22. The van der Waals surface area contributed by atoms with E-state index < -0.39 is 6.09 Å². The molecule has 1 amide bonds. The number of hydrogen-bond acceptors (Lipinski definition) is 4. The number of hydrogen-bond donors (Lipinski definition) is 3. The van der Waals surface area contributed by atoms with Gasteiger partial charge in [0.2, 0.25) is 0 Å². The van der Waals surface area contributed by atoms with Gasteiger partial charge in [0.05, 0.1) is 11.4 Å². The maximum absolute atomic E-state index is 13.1. The van der Waals surface area contributed by atoms with Crippen LogP contribution in [0.3, 0.4) is 0 Å². The molecule has 0 atom stereocenters. The number of rotatable bonds is 4. The molecule has 1 aromatic rings. The number of benzene rings is 1. The number of nitrogen functional groups attached to an aromatic ring is 1. The Hall–Kier alpha value is -1.98. The smallest absolute Gasteiger partial charge is 0.404 e. The summed E-state index contributed by atoms with van der Waals surface area (Å²) in [6, 6.07) is 2.83. The lowest BCUT2D eigenvalue weighted by molar-refractivity contribution is 0.161. The number of carbonyl (C=O) groups is 1. The van der Waals surface area contributed by atoms with Crippen LogP contribution in [-0.2, 0) is 4.74 Å². The number of nitrogens with two attached hydrogens (primary N) is 2. The number of nitrogens with one attached hydrogen (secondary N) is 1. The molecule has 0 spiro atoms. The van der Waals surface area contributed by atoms with Crippen LogP contribution in [0.4, 0.5) is 20.6 Å². The van der Waals surface area contributed by atoms with Gasteiger partial charge in [-0.1, -0.05) is 0 Å². The molecule has 6 heteroatoms. The van der Waals surface area contributed by atoms with E-state index >= 15 is 0 Å². The second-order valence-electron chi connectivity index (χ2n) is 3.28. The Morgan fingerprint density at radius 3 is 2.88 bits per heavy atom. The Kier molecular flexibility index (Phi) is 3.93. The third kappa shape index (κ3) is 3.30. The van der Waals surface area contributed by atoms with Gasteiger partial charge in [-0.15, -0.1) is 0 Å². The summed E-state index contributed by atoms with van der Waals surface area (Å²) in [5.41, 5.74) is 11.8. The van der Waals surface area contributed by atoms with Crippen molar-refractivity contribution in [2.75, 3.05) is 24.2 Å². The summed E-state index contributed by atoms with van der Waals surface area (Å²) < 4.78 is 17.6. The van der Waals surface area contributed by atoms with Crippen LogP contribution in [0.25, 0.3) is 0 Å². The monoisotopic (exact) mass is 227 g/mol. The van der Waals surface area contributed by atoms with E-state index in [0.717, 1.165) is 0 Å². The van der Waals surface area contributed by atoms with Gasteiger partial charge < -0.3 is 21.5 Å². The molecule has 0 saturated carbocycles. The second-order valence-corrected chi connectivity index (χ2v) is 3.28. The van der Waals surface area contributed by atoms with Crippen LogP contribution in [0.1, 0.15) is 5.56 Å². The molecule has 88 valence electrons. The highest BCUT2D eigenvalue weighted by Crippen LogP contribution is 2.22.